The third-order valence-corrected chi connectivity index (χ3v) is 3.36. The molecular weight excluding hydrogens is 268 g/mol. The van der Waals surface area contributed by atoms with Crippen molar-refractivity contribution >= 4 is 16.8 Å². The van der Waals surface area contributed by atoms with Gasteiger partial charge in [-0.25, -0.2) is 0 Å². The first-order chi connectivity index (χ1) is 10.2. The van der Waals surface area contributed by atoms with Crippen molar-refractivity contribution in [3.8, 4) is 5.69 Å². The monoisotopic (exact) mass is 278 g/mol. The van der Waals surface area contributed by atoms with Crippen LogP contribution in [0.5, 0.6) is 0 Å². The van der Waals surface area contributed by atoms with Crippen molar-refractivity contribution in [2.75, 3.05) is 0 Å². The number of benzene rings is 1. The molecule has 0 saturated heterocycles. The van der Waals surface area contributed by atoms with Gasteiger partial charge in [0.1, 0.15) is 11.8 Å². The van der Waals surface area contributed by atoms with Gasteiger partial charge in [-0.05, 0) is 25.1 Å². The first-order valence-corrected chi connectivity index (χ1v) is 6.39. The highest BCUT2D eigenvalue weighted by atomic mass is 16.1. The normalized spacial score (nSPS) is 11.3. The molecule has 7 heteroatoms. The van der Waals surface area contributed by atoms with E-state index in [9.17, 15) is 4.79 Å². The molecule has 0 fully saturated rings. The van der Waals surface area contributed by atoms with E-state index < -0.39 is 0 Å². The van der Waals surface area contributed by atoms with Crippen molar-refractivity contribution in [2.24, 2.45) is 0 Å². The molecule has 21 heavy (non-hydrogen) atoms. The summed E-state index contributed by atoms with van der Waals surface area (Å²) in [6, 6.07) is 9.48. The fourth-order valence-corrected chi connectivity index (χ4v) is 2.26. The Balaban J connectivity index is 2.04. The zero-order valence-electron chi connectivity index (χ0n) is 11.1. The molecule has 0 bridgehead atoms. The van der Waals surface area contributed by atoms with E-state index in [0.717, 1.165) is 11.3 Å². The molecule has 0 N–H and O–H groups in total. The highest BCUT2D eigenvalue weighted by molar-refractivity contribution is 5.74. The van der Waals surface area contributed by atoms with Crippen LogP contribution in [0.2, 0.25) is 0 Å². The molecule has 3 aromatic heterocycles. The number of pyridine rings is 1. The first kappa shape index (κ1) is 11.7. The number of aryl methyl sites for hydroxylation is 1. The van der Waals surface area contributed by atoms with Gasteiger partial charge in [-0.2, -0.15) is 14.6 Å². The Morgan fingerprint density at radius 3 is 2.67 bits per heavy atom. The highest BCUT2D eigenvalue weighted by Gasteiger charge is 2.10. The maximum atomic E-state index is 12.6. The van der Waals surface area contributed by atoms with Crippen molar-refractivity contribution in [1.82, 2.24) is 29.4 Å². The van der Waals surface area contributed by atoms with Crippen LogP contribution < -0.4 is 5.56 Å². The van der Waals surface area contributed by atoms with Gasteiger partial charge in [0.25, 0.3) is 11.3 Å². The van der Waals surface area contributed by atoms with E-state index in [2.05, 4.69) is 20.3 Å². The number of rotatable bonds is 1. The Morgan fingerprint density at radius 2 is 1.86 bits per heavy atom. The fraction of sp³-hybridized carbons (Fsp3) is 0.0714. The Bertz CT molecular complexity index is 1020. The number of hydrogen-bond acceptors (Lipinski definition) is 5. The summed E-state index contributed by atoms with van der Waals surface area (Å²) in [5.74, 6) is 0.370. The molecule has 0 aliphatic rings. The number of fused-ring (bicyclic) bond motifs is 3. The zero-order valence-corrected chi connectivity index (χ0v) is 11.1. The predicted molar refractivity (Wildman–Crippen MR) is 76.4 cm³/mol. The summed E-state index contributed by atoms with van der Waals surface area (Å²) < 4.78 is 3.04. The van der Waals surface area contributed by atoms with Crippen molar-refractivity contribution in [3.05, 3.63) is 58.8 Å². The third-order valence-electron chi connectivity index (χ3n) is 3.36. The summed E-state index contributed by atoms with van der Waals surface area (Å²) in [5.41, 5.74) is 2.54. The van der Waals surface area contributed by atoms with Crippen LogP contribution in [0.25, 0.3) is 22.5 Å². The Hall–Kier alpha value is -3.09. The van der Waals surface area contributed by atoms with Crippen LogP contribution >= 0.6 is 0 Å². The standard InChI is InChI=1S/C14H10N6O/c1-9-2-4-10(5-3-9)19-7-6-11-12(13(19)21)17-18-14-15-8-16-20(11)14/h2-8H,1H3. The number of aromatic nitrogens is 6. The lowest BCUT2D eigenvalue weighted by Gasteiger charge is -2.07. The van der Waals surface area contributed by atoms with E-state index in [4.69, 9.17) is 0 Å². The molecule has 0 amide bonds. The molecular formula is C14H10N6O. The summed E-state index contributed by atoms with van der Waals surface area (Å²) in [5, 5.41) is 11.9. The van der Waals surface area contributed by atoms with Gasteiger partial charge in [0.2, 0.25) is 0 Å². The molecule has 3 heterocycles. The van der Waals surface area contributed by atoms with Gasteiger partial charge in [0, 0.05) is 11.9 Å². The topological polar surface area (TPSA) is 78.0 Å². The van der Waals surface area contributed by atoms with E-state index in [1.54, 1.807) is 16.8 Å². The smallest absolute Gasteiger partial charge is 0.282 e. The summed E-state index contributed by atoms with van der Waals surface area (Å²) in [4.78, 5) is 16.5. The Morgan fingerprint density at radius 1 is 1.05 bits per heavy atom. The van der Waals surface area contributed by atoms with Gasteiger partial charge in [-0.15, -0.1) is 10.2 Å². The summed E-state index contributed by atoms with van der Waals surface area (Å²) in [7, 11) is 0. The van der Waals surface area contributed by atoms with E-state index >= 15 is 0 Å². The van der Waals surface area contributed by atoms with Gasteiger partial charge in [0.05, 0.1) is 0 Å². The highest BCUT2D eigenvalue weighted by Crippen LogP contribution is 2.11. The largest absolute Gasteiger partial charge is 0.285 e. The fourth-order valence-electron chi connectivity index (χ4n) is 2.26. The van der Waals surface area contributed by atoms with Gasteiger partial charge >= 0.3 is 0 Å². The third kappa shape index (κ3) is 1.71. The molecule has 0 aliphatic carbocycles. The average molecular weight is 278 g/mol. The second kappa shape index (κ2) is 4.20. The summed E-state index contributed by atoms with van der Waals surface area (Å²) in [6.07, 6.45) is 3.09. The molecule has 1 aromatic carbocycles. The molecule has 0 saturated carbocycles. The predicted octanol–water partition coefficient (Wildman–Crippen LogP) is 1.13. The maximum absolute atomic E-state index is 12.6. The summed E-state index contributed by atoms with van der Waals surface area (Å²) in [6.45, 7) is 2.00. The van der Waals surface area contributed by atoms with Crippen molar-refractivity contribution in [2.45, 2.75) is 6.92 Å². The molecule has 0 aliphatic heterocycles. The zero-order chi connectivity index (χ0) is 14.4. The van der Waals surface area contributed by atoms with E-state index in [1.165, 1.54) is 10.8 Å². The number of hydrogen-bond donors (Lipinski definition) is 0. The lowest BCUT2D eigenvalue weighted by atomic mass is 10.2. The van der Waals surface area contributed by atoms with Crippen LogP contribution in [0.4, 0.5) is 0 Å². The van der Waals surface area contributed by atoms with Crippen LogP contribution in [-0.2, 0) is 0 Å². The van der Waals surface area contributed by atoms with Crippen LogP contribution in [0.15, 0.2) is 47.7 Å². The van der Waals surface area contributed by atoms with Crippen molar-refractivity contribution < 1.29 is 0 Å². The molecule has 0 spiro atoms. The molecule has 0 atom stereocenters. The van der Waals surface area contributed by atoms with Gasteiger partial charge in [-0.3, -0.25) is 9.36 Å². The quantitative estimate of drug-likeness (QED) is 0.521. The van der Waals surface area contributed by atoms with Crippen LogP contribution in [0.3, 0.4) is 0 Å². The molecule has 102 valence electrons. The lowest BCUT2D eigenvalue weighted by Crippen LogP contribution is -2.20. The maximum Gasteiger partial charge on any atom is 0.285 e. The molecule has 4 rings (SSSR count). The van der Waals surface area contributed by atoms with Crippen LogP contribution in [-0.4, -0.2) is 29.4 Å². The van der Waals surface area contributed by atoms with Gasteiger partial charge < -0.3 is 0 Å². The van der Waals surface area contributed by atoms with Gasteiger partial charge in [-0.1, -0.05) is 17.7 Å². The minimum Gasteiger partial charge on any atom is -0.282 e. The SMILES string of the molecule is Cc1ccc(-n2ccc3c(nnc4ncnn43)c2=O)cc1. The Kier molecular flexibility index (Phi) is 2.34. The van der Waals surface area contributed by atoms with Crippen LogP contribution in [0.1, 0.15) is 5.56 Å². The van der Waals surface area contributed by atoms with E-state index in [-0.39, 0.29) is 11.1 Å². The second-order valence-electron chi connectivity index (χ2n) is 4.73. The first-order valence-electron chi connectivity index (χ1n) is 6.39. The minimum absolute atomic E-state index is 0.235. The van der Waals surface area contributed by atoms with Crippen molar-refractivity contribution in [1.29, 1.82) is 0 Å². The average Bonchev–Trinajstić information content (AvgIpc) is 2.97. The van der Waals surface area contributed by atoms with Crippen molar-refractivity contribution in [3.63, 3.8) is 0 Å². The number of nitrogens with zero attached hydrogens (tertiary/aromatic N) is 6. The van der Waals surface area contributed by atoms with E-state index in [0.29, 0.717) is 11.3 Å². The second-order valence-corrected chi connectivity index (χ2v) is 4.73. The van der Waals surface area contributed by atoms with E-state index in [1.807, 2.05) is 31.2 Å². The molecule has 4 aromatic rings. The molecule has 0 radical (unpaired) electrons. The van der Waals surface area contributed by atoms with Crippen LogP contribution in [0, 0.1) is 6.92 Å². The summed E-state index contributed by atoms with van der Waals surface area (Å²) >= 11 is 0. The van der Waals surface area contributed by atoms with Gasteiger partial charge in [0.15, 0.2) is 5.52 Å². The lowest BCUT2D eigenvalue weighted by molar-refractivity contribution is 0.914. The molecule has 0 unspecified atom stereocenters. The Labute approximate surface area is 118 Å². The molecule has 7 nitrogen and oxygen atoms in total. The minimum atomic E-state index is -0.235.